The van der Waals surface area contributed by atoms with Crippen LogP contribution in [0.2, 0.25) is 0 Å². The molecule has 7 aromatic carbocycles. The summed E-state index contributed by atoms with van der Waals surface area (Å²) in [5, 5.41) is 4.30. The number of nitrogens with zero attached hydrogens (tertiary/aromatic N) is 8. The van der Waals surface area contributed by atoms with Crippen LogP contribution < -0.4 is 0 Å². The Labute approximate surface area is 519 Å². The van der Waals surface area contributed by atoms with Crippen LogP contribution in [0.25, 0.3) is 43.6 Å². The molecule has 0 bridgehead atoms. The van der Waals surface area contributed by atoms with Gasteiger partial charge in [0.05, 0.1) is 52.8 Å². The van der Waals surface area contributed by atoms with Gasteiger partial charge in [-0.3, -0.25) is 29.5 Å². The van der Waals surface area contributed by atoms with Gasteiger partial charge in [0.1, 0.15) is 14.9 Å². The number of hydrogen-bond donors (Lipinski definition) is 4. The van der Waals surface area contributed by atoms with Crippen molar-refractivity contribution in [2.24, 2.45) is 0 Å². The molecule has 8 aromatic heterocycles. The van der Waals surface area contributed by atoms with E-state index in [2.05, 4.69) is 228 Å². The quantitative estimate of drug-likeness (QED) is 0.0318. The van der Waals surface area contributed by atoms with Gasteiger partial charge >= 0.3 is 0 Å². The van der Waals surface area contributed by atoms with Crippen LogP contribution in [0, 0.1) is 8.47 Å². The topological polar surface area (TPSA) is 192 Å². The molecule has 87 heavy (non-hydrogen) atoms. The predicted molar refractivity (Wildman–Crippen MR) is 354 cm³/mol. The number of carbonyl (C=O) groups excluding carboxylic acids is 2. The van der Waals surface area contributed by atoms with E-state index < -0.39 is 5.54 Å². The molecule has 0 spiro atoms. The molecule has 0 aliphatic rings. The van der Waals surface area contributed by atoms with Crippen molar-refractivity contribution in [3.63, 3.8) is 0 Å². The van der Waals surface area contributed by atoms with Crippen LogP contribution in [-0.2, 0) is 18.4 Å². The van der Waals surface area contributed by atoms with Gasteiger partial charge in [-0.05, 0) is 99.0 Å². The summed E-state index contributed by atoms with van der Waals surface area (Å²) in [6, 6.07) is 71.1. The molecule has 8 heterocycles. The lowest BCUT2D eigenvalue weighted by Gasteiger charge is -2.37. The van der Waals surface area contributed by atoms with Crippen LogP contribution in [0.4, 0.5) is 0 Å². The minimum atomic E-state index is -0.458. The number of para-hydroxylation sites is 4. The molecule has 0 saturated heterocycles. The molecule has 15 aromatic rings. The molecule has 0 amide bonds. The van der Waals surface area contributed by atoms with E-state index in [0.29, 0.717) is 21.6 Å². The zero-order valence-electron chi connectivity index (χ0n) is 46.7. The standard InChI is InChI=1S/C22H17IN2.C13H9N3O.C13H11N3S.C13H11N3.C10H7NO/c23-21-16-25(17-24-21)22(18-10-4-1-5-11-18,19-12-6-2-7-13-19)20-14-8-3-9-15-20;17-13(11-7-14-8-16-11)10-5-1-3-9-4-2-6-15-12(9)10;17-13-15-8-11(16-13)7-10-4-1-3-9-5-2-6-14-12(9)10;1-3-10-5-2-6-15-13(10)11(4-1)7-12-8-14-9-16-12;12-7-9-4-1-3-8-5-2-6-11-10(8)9/h1-17H;1-8H,(H,14,16);1-6,8H,7H2,(H2,15,16,17);1-6,8-9H,7H2,(H,14,16);1-7H. The number of hydrogen-bond acceptors (Lipinski definition) is 10. The van der Waals surface area contributed by atoms with E-state index in [9.17, 15) is 9.59 Å². The number of aromatic nitrogens is 12. The fraction of sp³-hybridized carbons (Fsp3) is 0.0423. The average molecular weight is 1270 g/mol. The minimum Gasteiger partial charge on any atom is -0.348 e. The highest BCUT2D eigenvalue weighted by molar-refractivity contribution is 14.1. The molecule has 0 unspecified atom stereocenters. The average Bonchev–Trinajstić information content (AvgIpc) is 2.05. The monoisotopic (exact) mass is 1270 g/mol. The van der Waals surface area contributed by atoms with Crippen molar-refractivity contribution in [2.75, 3.05) is 0 Å². The smallest absolute Gasteiger partial charge is 0.212 e. The third-order valence-corrected chi connectivity index (χ3v) is 15.1. The van der Waals surface area contributed by atoms with Crippen molar-refractivity contribution < 1.29 is 9.59 Å². The maximum absolute atomic E-state index is 12.2. The van der Waals surface area contributed by atoms with Crippen LogP contribution in [0.1, 0.15) is 65.6 Å². The number of rotatable bonds is 11. The maximum Gasteiger partial charge on any atom is 0.212 e. The number of benzene rings is 7. The summed E-state index contributed by atoms with van der Waals surface area (Å²) < 4.78 is 3.85. The third kappa shape index (κ3) is 13.8. The molecule has 15 rings (SSSR count). The Balaban J connectivity index is 0.000000115. The van der Waals surface area contributed by atoms with Gasteiger partial charge in [-0.2, -0.15) is 0 Å². The molecule has 14 nitrogen and oxygen atoms in total. The fourth-order valence-electron chi connectivity index (χ4n) is 10.4. The van der Waals surface area contributed by atoms with E-state index in [-0.39, 0.29) is 5.78 Å². The number of aldehydes is 1. The number of carbonyl (C=O) groups is 2. The first-order valence-corrected chi connectivity index (χ1v) is 29.3. The second kappa shape index (κ2) is 28.3. The lowest BCUT2D eigenvalue weighted by molar-refractivity contribution is 0.103. The largest absolute Gasteiger partial charge is 0.348 e. The van der Waals surface area contributed by atoms with Crippen molar-refractivity contribution >= 4 is 90.5 Å². The van der Waals surface area contributed by atoms with Crippen molar-refractivity contribution in [1.29, 1.82) is 0 Å². The van der Waals surface area contributed by atoms with Crippen molar-refractivity contribution in [1.82, 2.24) is 59.4 Å². The zero-order valence-corrected chi connectivity index (χ0v) is 49.7. The number of halogens is 1. The molecule has 0 saturated carbocycles. The van der Waals surface area contributed by atoms with E-state index >= 15 is 0 Å². The molecule has 0 fully saturated rings. The first-order valence-electron chi connectivity index (χ1n) is 27.8. The SMILES string of the molecule is Ic1cn(C(c2ccccc2)(c2ccccc2)c2ccccc2)cn1.O=C(c1cnc[nH]1)c1cccc2cccnc12.O=Cc1cccc2cccnc12.S=c1[nH]cc(Cc2cccc3cccnc23)[nH]1.c1cnc2c(Cc3cnc[nH]3)cccc2c1. The number of H-pyrrole nitrogens is 4. The van der Waals surface area contributed by atoms with Gasteiger partial charge in [-0.15, -0.1) is 0 Å². The number of pyridine rings is 4. The van der Waals surface area contributed by atoms with Gasteiger partial charge < -0.3 is 24.5 Å². The van der Waals surface area contributed by atoms with Gasteiger partial charge in [-0.25, -0.2) is 15.0 Å². The first kappa shape index (κ1) is 58.1. The summed E-state index contributed by atoms with van der Waals surface area (Å²) in [7, 11) is 0. The van der Waals surface area contributed by atoms with Crippen molar-refractivity contribution in [3.8, 4) is 0 Å². The highest BCUT2D eigenvalue weighted by Gasteiger charge is 2.38. The van der Waals surface area contributed by atoms with Gasteiger partial charge in [0, 0.05) is 94.7 Å². The molecule has 0 atom stereocenters. The summed E-state index contributed by atoms with van der Waals surface area (Å²) in [6.07, 6.45) is 22.0. The summed E-state index contributed by atoms with van der Waals surface area (Å²) in [5.74, 6) is -0.0909. The van der Waals surface area contributed by atoms with E-state index in [4.69, 9.17) is 12.2 Å². The summed E-state index contributed by atoms with van der Waals surface area (Å²) in [5.41, 5.74) is 13.1. The Morgan fingerprint density at radius 2 is 0.966 bits per heavy atom. The lowest BCUT2D eigenvalue weighted by Crippen LogP contribution is -2.36. The minimum absolute atomic E-state index is 0.0909. The fourth-order valence-corrected chi connectivity index (χ4v) is 11.0. The molecule has 424 valence electrons. The Kier molecular flexibility index (Phi) is 18.9. The van der Waals surface area contributed by atoms with Crippen LogP contribution in [-0.4, -0.2) is 71.5 Å². The Bertz CT molecular complexity index is 4630. The maximum atomic E-state index is 12.2. The predicted octanol–water partition coefficient (Wildman–Crippen LogP) is 15.3. The normalized spacial score (nSPS) is 10.8. The van der Waals surface area contributed by atoms with Crippen LogP contribution in [0.15, 0.2) is 281 Å². The summed E-state index contributed by atoms with van der Waals surface area (Å²) in [6.45, 7) is 0. The van der Waals surface area contributed by atoms with E-state index in [0.717, 1.165) is 67.1 Å². The van der Waals surface area contributed by atoms with Gasteiger partial charge in [0.25, 0.3) is 0 Å². The molecular weight excluding hydrogens is 1210 g/mol. The molecule has 4 N–H and O–H groups in total. The molecule has 0 radical (unpaired) electrons. The Morgan fingerprint density at radius 3 is 1.45 bits per heavy atom. The van der Waals surface area contributed by atoms with Gasteiger partial charge in [-0.1, -0.05) is 176 Å². The van der Waals surface area contributed by atoms with E-state index in [1.807, 2.05) is 91.8 Å². The van der Waals surface area contributed by atoms with Crippen molar-refractivity contribution in [2.45, 2.75) is 18.4 Å². The highest BCUT2D eigenvalue weighted by atomic mass is 127. The number of aromatic amines is 4. The molecule has 0 aliphatic carbocycles. The first-order chi connectivity index (χ1) is 42.8. The van der Waals surface area contributed by atoms with Crippen molar-refractivity contribution in [3.05, 3.63) is 345 Å². The van der Waals surface area contributed by atoms with E-state index in [1.54, 1.807) is 30.9 Å². The third-order valence-electron chi connectivity index (χ3n) is 14.3. The van der Waals surface area contributed by atoms with Crippen LogP contribution >= 0.6 is 34.8 Å². The number of nitrogens with one attached hydrogen (secondary N) is 4. The summed E-state index contributed by atoms with van der Waals surface area (Å²) >= 11 is 7.29. The highest BCUT2D eigenvalue weighted by Crippen LogP contribution is 2.41. The van der Waals surface area contributed by atoms with E-state index in [1.165, 1.54) is 51.1 Å². The lowest BCUT2D eigenvalue weighted by atomic mass is 9.77. The molecular formula is C71H55IN12O2S. The number of ketones is 1. The summed E-state index contributed by atoms with van der Waals surface area (Å²) in [4.78, 5) is 64.4. The zero-order chi connectivity index (χ0) is 59.6. The van der Waals surface area contributed by atoms with Gasteiger partial charge in [0.2, 0.25) is 5.78 Å². The Morgan fingerprint density at radius 1 is 0.494 bits per heavy atom. The number of imidazole rings is 4. The second-order valence-corrected chi connectivity index (χ2v) is 21.3. The second-order valence-electron chi connectivity index (χ2n) is 19.8. The number of fused-ring (bicyclic) bond motifs is 4. The van der Waals surface area contributed by atoms with Crippen LogP contribution in [0.3, 0.4) is 0 Å². The molecule has 16 heteroatoms. The Hall–Kier alpha value is -10.7. The van der Waals surface area contributed by atoms with Crippen LogP contribution in [0.5, 0.6) is 0 Å². The van der Waals surface area contributed by atoms with Gasteiger partial charge in [0.15, 0.2) is 11.1 Å². The molecule has 0 aliphatic heterocycles.